The molecular formula is C13H16O. The first-order valence-corrected chi connectivity index (χ1v) is 5.09. The van der Waals surface area contributed by atoms with E-state index in [1.165, 1.54) is 11.1 Å². The van der Waals surface area contributed by atoms with Crippen molar-refractivity contribution in [2.24, 2.45) is 0 Å². The molecule has 0 unspecified atom stereocenters. The average molecular weight is 188 g/mol. The lowest BCUT2D eigenvalue weighted by molar-refractivity contribution is 0.190. The Balaban J connectivity index is 2.37. The third kappa shape index (κ3) is 1.60. The molecule has 0 spiro atoms. The van der Waals surface area contributed by atoms with Gasteiger partial charge in [-0.3, -0.25) is 0 Å². The van der Waals surface area contributed by atoms with E-state index < -0.39 is 0 Å². The maximum atomic E-state index is 5.22. The average Bonchev–Trinajstić information content (AvgIpc) is 2.23. The molecule has 0 bridgehead atoms. The number of rotatable bonds is 2. The molecule has 0 aliphatic heterocycles. The molecule has 0 saturated carbocycles. The van der Waals surface area contributed by atoms with Gasteiger partial charge in [0.1, 0.15) is 0 Å². The van der Waals surface area contributed by atoms with Crippen LogP contribution in [-0.2, 0) is 4.74 Å². The van der Waals surface area contributed by atoms with Gasteiger partial charge in [-0.1, -0.05) is 43.3 Å². The second kappa shape index (κ2) is 3.97. The van der Waals surface area contributed by atoms with Crippen LogP contribution in [0.25, 0.3) is 0 Å². The third-order valence-corrected chi connectivity index (χ3v) is 2.86. The van der Waals surface area contributed by atoms with E-state index in [0.29, 0.717) is 11.8 Å². The van der Waals surface area contributed by atoms with Crippen LogP contribution in [0.3, 0.4) is 0 Å². The number of fused-ring (bicyclic) bond motifs is 1. The molecule has 0 heterocycles. The molecule has 0 amide bonds. The number of hydrogen-bond acceptors (Lipinski definition) is 1. The summed E-state index contributed by atoms with van der Waals surface area (Å²) >= 11 is 0. The van der Waals surface area contributed by atoms with E-state index >= 15 is 0 Å². The lowest BCUT2D eigenvalue weighted by Gasteiger charge is -2.24. The van der Waals surface area contributed by atoms with Gasteiger partial charge in [0.25, 0.3) is 0 Å². The summed E-state index contributed by atoms with van der Waals surface area (Å²) in [6.07, 6.45) is 4.53. The van der Waals surface area contributed by atoms with Crippen molar-refractivity contribution in [3.05, 3.63) is 47.5 Å². The Bertz CT molecular complexity index is 341. The fourth-order valence-electron chi connectivity index (χ4n) is 2.10. The Morgan fingerprint density at radius 1 is 1.14 bits per heavy atom. The fourth-order valence-corrected chi connectivity index (χ4v) is 2.10. The molecule has 1 heteroatoms. The molecule has 1 aliphatic carbocycles. The topological polar surface area (TPSA) is 9.23 Å². The predicted octanol–water partition coefficient (Wildman–Crippen LogP) is 3.09. The molecular weight excluding hydrogens is 172 g/mol. The van der Waals surface area contributed by atoms with Crippen molar-refractivity contribution < 1.29 is 4.74 Å². The van der Waals surface area contributed by atoms with Crippen molar-refractivity contribution in [3.63, 3.8) is 0 Å². The van der Waals surface area contributed by atoms with E-state index in [-0.39, 0.29) is 0 Å². The van der Waals surface area contributed by atoms with Gasteiger partial charge in [0, 0.05) is 13.0 Å². The summed E-state index contributed by atoms with van der Waals surface area (Å²) in [5, 5.41) is 0. The minimum absolute atomic E-state index is 0.437. The van der Waals surface area contributed by atoms with E-state index in [0.717, 1.165) is 6.61 Å². The van der Waals surface area contributed by atoms with Crippen molar-refractivity contribution >= 4 is 0 Å². The van der Waals surface area contributed by atoms with Crippen LogP contribution in [0.15, 0.2) is 36.4 Å². The third-order valence-electron chi connectivity index (χ3n) is 2.86. The molecule has 0 radical (unpaired) electrons. The normalized spacial score (nSPS) is 24.7. The molecule has 74 valence electrons. The zero-order valence-electron chi connectivity index (χ0n) is 8.73. The number of ether oxygens (including phenoxy) is 1. The quantitative estimate of drug-likeness (QED) is 0.648. The molecule has 1 aliphatic rings. The van der Waals surface area contributed by atoms with E-state index in [1.807, 2.05) is 0 Å². The van der Waals surface area contributed by atoms with Crippen molar-refractivity contribution in [1.29, 1.82) is 0 Å². The Morgan fingerprint density at radius 2 is 1.86 bits per heavy atom. The summed E-state index contributed by atoms with van der Waals surface area (Å²) in [7, 11) is 1.76. The van der Waals surface area contributed by atoms with Crippen LogP contribution in [0.1, 0.15) is 29.9 Å². The van der Waals surface area contributed by atoms with Crippen LogP contribution in [0.4, 0.5) is 0 Å². The van der Waals surface area contributed by atoms with Crippen molar-refractivity contribution in [1.82, 2.24) is 0 Å². The highest BCUT2D eigenvalue weighted by molar-refractivity contribution is 5.41. The molecule has 1 aromatic rings. The molecule has 1 nitrogen and oxygen atoms in total. The van der Waals surface area contributed by atoms with Gasteiger partial charge in [0.2, 0.25) is 0 Å². The largest absolute Gasteiger partial charge is 0.384 e. The van der Waals surface area contributed by atoms with Gasteiger partial charge >= 0.3 is 0 Å². The highest BCUT2D eigenvalue weighted by Crippen LogP contribution is 2.33. The minimum atomic E-state index is 0.437. The van der Waals surface area contributed by atoms with Crippen LogP contribution < -0.4 is 0 Å². The zero-order valence-corrected chi connectivity index (χ0v) is 8.73. The van der Waals surface area contributed by atoms with Gasteiger partial charge in [0.15, 0.2) is 0 Å². The first-order valence-electron chi connectivity index (χ1n) is 5.09. The number of allylic oxidation sites excluding steroid dienone is 1. The summed E-state index contributed by atoms with van der Waals surface area (Å²) in [5.74, 6) is 0.978. The van der Waals surface area contributed by atoms with Gasteiger partial charge in [-0.15, -0.1) is 0 Å². The van der Waals surface area contributed by atoms with Crippen molar-refractivity contribution in [3.8, 4) is 0 Å². The lowest BCUT2D eigenvalue weighted by atomic mass is 9.83. The van der Waals surface area contributed by atoms with E-state index in [9.17, 15) is 0 Å². The second-order valence-corrected chi connectivity index (χ2v) is 3.86. The molecule has 14 heavy (non-hydrogen) atoms. The highest BCUT2D eigenvalue weighted by atomic mass is 16.5. The smallest absolute Gasteiger partial charge is 0.0565 e. The van der Waals surface area contributed by atoms with Gasteiger partial charge in [-0.2, -0.15) is 0 Å². The summed E-state index contributed by atoms with van der Waals surface area (Å²) < 4.78 is 5.22. The maximum absolute atomic E-state index is 5.22. The molecule has 2 rings (SSSR count). The minimum Gasteiger partial charge on any atom is -0.384 e. The lowest BCUT2D eigenvalue weighted by Crippen LogP contribution is -2.11. The van der Waals surface area contributed by atoms with Crippen molar-refractivity contribution in [2.45, 2.75) is 18.8 Å². The number of benzene rings is 1. The van der Waals surface area contributed by atoms with Crippen LogP contribution >= 0.6 is 0 Å². The van der Waals surface area contributed by atoms with E-state index in [4.69, 9.17) is 4.74 Å². The van der Waals surface area contributed by atoms with Crippen LogP contribution in [0.2, 0.25) is 0 Å². The van der Waals surface area contributed by atoms with Gasteiger partial charge < -0.3 is 4.74 Å². The van der Waals surface area contributed by atoms with Crippen LogP contribution in [0, 0.1) is 0 Å². The molecule has 0 saturated heterocycles. The summed E-state index contributed by atoms with van der Waals surface area (Å²) in [6.45, 7) is 3.01. The van der Waals surface area contributed by atoms with E-state index in [2.05, 4.69) is 43.3 Å². The Kier molecular flexibility index (Phi) is 2.69. The summed E-state index contributed by atoms with van der Waals surface area (Å²) in [5.41, 5.74) is 2.86. The Morgan fingerprint density at radius 3 is 2.57 bits per heavy atom. The Labute approximate surface area is 85.4 Å². The zero-order chi connectivity index (χ0) is 9.97. The molecule has 2 atom stereocenters. The summed E-state index contributed by atoms with van der Waals surface area (Å²) in [6, 6.07) is 8.64. The molecule has 0 N–H and O–H groups in total. The first-order chi connectivity index (χ1) is 6.83. The highest BCUT2D eigenvalue weighted by Gasteiger charge is 2.18. The molecule has 0 aromatic heterocycles. The Hall–Kier alpha value is -1.08. The maximum Gasteiger partial charge on any atom is 0.0565 e. The number of methoxy groups -OCH3 is 1. The predicted molar refractivity (Wildman–Crippen MR) is 58.6 cm³/mol. The van der Waals surface area contributed by atoms with Crippen LogP contribution in [0.5, 0.6) is 0 Å². The standard InChI is InChI=1S/C13H16O/c1-10-7-8-11(9-14-2)13-6-4-3-5-12(10)13/h3-8,10-11H,9H2,1-2H3/t10-,11-/m0/s1. The van der Waals surface area contributed by atoms with Crippen molar-refractivity contribution in [2.75, 3.05) is 13.7 Å². The fraction of sp³-hybridized carbons (Fsp3) is 0.385. The van der Waals surface area contributed by atoms with Crippen LogP contribution in [-0.4, -0.2) is 13.7 Å². The van der Waals surface area contributed by atoms with E-state index in [1.54, 1.807) is 7.11 Å². The number of hydrogen-bond donors (Lipinski definition) is 0. The molecule has 0 fully saturated rings. The van der Waals surface area contributed by atoms with Gasteiger partial charge in [-0.05, 0) is 17.0 Å². The second-order valence-electron chi connectivity index (χ2n) is 3.86. The monoisotopic (exact) mass is 188 g/mol. The first kappa shape index (κ1) is 9.47. The molecule has 1 aromatic carbocycles. The van der Waals surface area contributed by atoms with Gasteiger partial charge in [-0.25, -0.2) is 0 Å². The van der Waals surface area contributed by atoms with Gasteiger partial charge in [0.05, 0.1) is 6.61 Å². The summed E-state index contributed by atoms with van der Waals surface area (Å²) in [4.78, 5) is 0. The SMILES string of the molecule is COC[C@@H]1C=C[C@H](C)c2ccccc21.